The monoisotopic (exact) mass is 476 g/mol. The Morgan fingerprint density at radius 1 is 1.18 bits per heavy atom. The standard InChI is InChI=1S/C22H19F3N4O5/c23-22(24,25)17-5-2-13(9-26-17)11-34-21(33)27-8-12-1-3-14-10-29(20(32)15(14)7-12)16-4-6-18(30)28-19(16)31/h1-3,5,7,9,16H,4,6,8,10-11H2,(H,27,33)(H,28,30,31). The first-order valence-corrected chi connectivity index (χ1v) is 10.3. The van der Waals surface area contributed by atoms with Gasteiger partial charge in [-0.15, -0.1) is 0 Å². The number of fused-ring (bicyclic) bond motifs is 1. The molecule has 178 valence electrons. The van der Waals surface area contributed by atoms with Crippen molar-refractivity contribution in [1.29, 1.82) is 0 Å². The lowest BCUT2D eigenvalue weighted by molar-refractivity contribution is -0.141. The number of hydrogen-bond acceptors (Lipinski definition) is 6. The summed E-state index contributed by atoms with van der Waals surface area (Å²) >= 11 is 0. The maximum Gasteiger partial charge on any atom is 0.433 e. The van der Waals surface area contributed by atoms with Crippen LogP contribution in [0.4, 0.5) is 18.0 Å². The van der Waals surface area contributed by atoms with E-state index in [1.165, 1.54) is 11.0 Å². The zero-order chi connectivity index (χ0) is 24.5. The molecule has 34 heavy (non-hydrogen) atoms. The lowest BCUT2D eigenvalue weighted by atomic mass is 10.0. The number of nitrogens with one attached hydrogen (secondary N) is 2. The Labute approximate surface area is 191 Å². The van der Waals surface area contributed by atoms with Crippen molar-refractivity contribution in [3.05, 3.63) is 64.5 Å². The zero-order valence-corrected chi connectivity index (χ0v) is 17.6. The molecule has 0 radical (unpaired) electrons. The Morgan fingerprint density at radius 3 is 2.62 bits per heavy atom. The number of benzene rings is 1. The molecule has 1 saturated heterocycles. The molecule has 12 heteroatoms. The summed E-state index contributed by atoms with van der Waals surface area (Å²) in [6, 6.07) is 6.33. The molecule has 0 spiro atoms. The van der Waals surface area contributed by atoms with Crippen molar-refractivity contribution in [2.24, 2.45) is 0 Å². The van der Waals surface area contributed by atoms with E-state index in [9.17, 15) is 32.3 Å². The molecule has 2 aliphatic heterocycles. The number of ether oxygens (including phenoxy) is 1. The van der Waals surface area contributed by atoms with Crippen molar-refractivity contribution < 1.29 is 37.1 Å². The van der Waals surface area contributed by atoms with E-state index in [1.807, 2.05) is 0 Å². The van der Waals surface area contributed by atoms with Gasteiger partial charge in [-0.1, -0.05) is 18.2 Å². The van der Waals surface area contributed by atoms with E-state index in [-0.39, 0.29) is 44.4 Å². The minimum absolute atomic E-state index is 0.0447. The summed E-state index contributed by atoms with van der Waals surface area (Å²) in [4.78, 5) is 53.0. The second kappa shape index (κ2) is 9.12. The lowest BCUT2D eigenvalue weighted by Crippen LogP contribution is -2.52. The number of rotatable bonds is 5. The maximum absolute atomic E-state index is 12.8. The van der Waals surface area contributed by atoms with Crippen molar-refractivity contribution >= 4 is 23.8 Å². The van der Waals surface area contributed by atoms with E-state index in [0.717, 1.165) is 17.8 Å². The molecule has 2 aromatic rings. The van der Waals surface area contributed by atoms with Crippen LogP contribution in [0.5, 0.6) is 0 Å². The number of piperidine rings is 1. The van der Waals surface area contributed by atoms with Gasteiger partial charge in [0.2, 0.25) is 11.8 Å². The van der Waals surface area contributed by atoms with Crippen molar-refractivity contribution in [1.82, 2.24) is 20.5 Å². The fourth-order valence-electron chi connectivity index (χ4n) is 3.76. The first-order chi connectivity index (χ1) is 16.1. The van der Waals surface area contributed by atoms with Crippen LogP contribution < -0.4 is 10.6 Å². The van der Waals surface area contributed by atoms with E-state index >= 15 is 0 Å². The van der Waals surface area contributed by atoms with Gasteiger partial charge in [-0.05, 0) is 29.7 Å². The first-order valence-electron chi connectivity index (χ1n) is 10.3. The molecule has 3 heterocycles. The summed E-state index contributed by atoms with van der Waals surface area (Å²) in [5, 5.41) is 4.75. The third kappa shape index (κ3) is 5.00. The Bertz CT molecular complexity index is 1150. The number of carbonyl (C=O) groups excluding carboxylic acids is 4. The molecule has 9 nitrogen and oxygen atoms in total. The number of aromatic nitrogens is 1. The van der Waals surface area contributed by atoms with Crippen molar-refractivity contribution in [3.63, 3.8) is 0 Å². The molecule has 1 unspecified atom stereocenters. The Morgan fingerprint density at radius 2 is 1.94 bits per heavy atom. The van der Waals surface area contributed by atoms with E-state index < -0.39 is 29.9 Å². The van der Waals surface area contributed by atoms with Crippen LogP contribution in [0.2, 0.25) is 0 Å². The maximum atomic E-state index is 12.8. The smallest absolute Gasteiger partial charge is 0.433 e. The van der Waals surface area contributed by atoms with Crippen LogP contribution in [0, 0.1) is 0 Å². The Kier molecular flexibility index (Phi) is 6.22. The molecule has 4 amide bonds. The Hall–Kier alpha value is -3.96. The van der Waals surface area contributed by atoms with Gasteiger partial charge in [0, 0.05) is 36.8 Å². The summed E-state index contributed by atoms with van der Waals surface area (Å²) in [5.74, 6) is -1.19. The third-order valence-corrected chi connectivity index (χ3v) is 5.51. The van der Waals surface area contributed by atoms with E-state index in [1.54, 1.807) is 18.2 Å². The van der Waals surface area contributed by atoms with Crippen molar-refractivity contribution in [3.8, 4) is 0 Å². The number of nitrogens with zero attached hydrogens (tertiary/aromatic N) is 2. The van der Waals surface area contributed by atoms with E-state index in [0.29, 0.717) is 16.7 Å². The number of imide groups is 1. The van der Waals surface area contributed by atoms with Gasteiger partial charge < -0.3 is 15.0 Å². The second-order valence-corrected chi connectivity index (χ2v) is 7.87. The molecule has 0 saturated carbocycles. The first kappa shape index (κ1) is 23.2. The molecule has 0 bridgehead atoms. The van der Waals surface area contributed by atoms with Gasteiger partial charge >= 0.3 is 12.3 Å². The highest BCUT2D eigenvalue weighted by molar-refractivity contribution is 6.05. The van der Waals surface area contributed by atoms with Crippen LogP contribution >= 0.6 is 0 Å². The van der Waals surface area contributed by atoms with Gasteiger partial charge in [0.15, 0.2) is 0 Å². The highest BCUT2D eigenvalue weighted by Gasteiger charge is 2.39. The zero-order valence-electron chi connectivity index (χ0n) is 17.6. The van der Waals surface area contributed by atoms with Crippen molar-refractivity contribution in [2.45, 2.75) is 44.8 Å². The van der Waals surface area contributed by atoms with Gasteiger partial charge in [-0.25, -0.2) is 4.79 Å². The molecule has 2 N–H and O–H groups in total. The molecule has 1 aromatic carbocycles. The number of alkyl carbamates (subject to hydrolysis) is 1. The molecular weight excluding hydrogens is 457 g/mol. The van der Waals surface area contributed by atoms with E-state index in [2.05, 4.69) is 15.6 Å². The molecule has 2 aliphatic rings. The quantitative estimate of drug-likeness (QED) is 0.640. The van der Waals surface area contributed by atoms with Crippen LogP contribution in [-0.2, 0) is 40.2 Å². The third-order valence-electron chi connectivity index (χ3n) is 5.51. The van der Waals surface area contributed by atoms with Crippen LogP contribution in [0.1, 0.15) is 45.6 Å². The van der Waals surface area contributed by atoms with Gasteiger partial charge in [-0.2, -0.15) is 13.2 Å². The molecule has 0 aliphatic carbocycles. The molecular formula is C22H19F3N4O5. The van der Waals surface area contributed by atoms with Crippen LogP contribution in [-0.4, -0.2) is 39.7 Å². The normalized spacial score (nSPS) is 17.9. The minimum atomic E-state index is -4.55. The minimum Gasteiger partial charge on any atom is -0.445 e. The Balaban J connectivity index is 1.30. The topological polar surface area (TPSA) is 118 Å². The summed E-state index contributed by atoms with van der Waals surface area (Å²) < 4.78 is 42.6. The van der Waals surface area contributed by atoms with Crippen LogP contribution in [0.3, 0.4) is 0 Å². The molecule has 1 fully saturated rings. The number of pyridine rings is 1. The van der Waals surface area contributed by atoms with Gasteiger partial charge in [0.1, 0.15) is 18.3 Å². The van der Waals surface area contributed by atoms with Crippen LogP contribution in [0.25, 0.3) is 0 Å². The summed E-state index contributed by atoms with van der Waals surface area (Å²) in [6.07, 6.45) is -3.93. The average Bonchev–Trinajstić information content (AvgIpc) is 3.11. The highest BCUT2D eigenvalue weighted by Crippen LogP contribution is 2.29. The summed E-state index contributed by atoms with van der Waals surface area (Å²) in [5.41, 5.74) is 1.01. The number of hydrogen-bond donors (Lipinski definition) is 2. The fraction of sp³-hybridized carbons (Fsp3) is 0.318. The van der Waals surface area contributed by atoms with Gasteiger partial charge in [-0.3, -0.25) is 24.7 Å². The predicted molar refractivity (Wildman–Crippen MR) is 109 cm³/mol. The fourth-order valence-corrected chi connectivity index (χ4v) is 3.76. The average molecular weight is 476 g/mol. The molecule has 1 aromatic heterocycles. The highest BCUT2D eigenvalue weighted by atomic mass is 19.4. The predicted octanol–water partition coefficient (Wildman–Crippen LogP) is 2.29. The summed E-state index contributed by atoms with van der Waals surface area (Å²) in [7, 11) is 0. The van der Waals surface area contributed by atoms with Gasteiger partial charge in [0.05, 0.1) is 0 Å². The number of alkyl halides is 3. The molecule has 1 atom stereocenters. The largest absolute Gasteiger partial charge is 0.445 e. The number of amides is 4. The van der Waals surface area contributed by atoms with Crippen LogP contribution in [0.15, 0.2) is 36.5 Å². The number of carbonyl (C=O) groups is 4. The second-order valence-electron chi connectivity index (χ2n) is 7.87. The van der Waals surface area contributed by atoms with E-state index in [4.69, 9.17) is 4.74 Å². The number of halogens is 3. The van der Waals surface area contributed by atoms with Crippen molar-refractivity contribution in [2.75, 3.05) is 0 Å². The lowest BCUT2D eigenvalue weighted by Gasteiger charge is -2.29. The SMILES string of the molecule is O=C1CCC(N2Cc3ccc(CNC(=O)OCc4ccc(C(F)(F)F)nc4)cc3C2=O)C(=O)N1. The molecule has 4 rings (SSSR count). The van der Waals surface area contributed by atoms with Gasteiger partial charge in [0.25, 0.3) is 5.91 Å². The summed E-state index contributed by atoms with van der Waals surface area (Å²) in [6.45, 7) is 0.0288.